The predicted molar refractivity (Wildman–Crippen MR) is 74.9 cm³/mol. The second kappa shape index (κ2) is 6.06. The van der Waals surface area contributed by atoms with Crippen LogP contribution in [-0.4, -0.2) is 25.2 Å². The summed E-state index contributed by atoms with van der Waals surface area (Å²) in [5, 5.41) is 1.10. The van der Waals surface area contributed by atoms with Gasteiger partial charge in [0.15, 0.2) is 5.75 Å². The molecule has 5 heteroatoms. The summed E-state index contributed by atoms with van der Waals surface area (Å²) in [5.41, 5.74) is 2.81. The molecule has 0 bridgehead atoms. The summed E-state index contributed by atoms with van der Waals surface area (Å²) in [7, 11) is 2.98. The van der Waals surface area contributed by atoms with Crippen molar-refractivity contribution in [3.8, 4) is 17.0 Å². The Morgan fingerprint density at radius 1 is 1.20 bits per heavy atom. The largest absolute Gasteiger partial charge is 0.493 e. The third-order valence-electron chi connectivity index (χ3n) is 2.78. The molecule has 2 heterocycles. The van der Waals surface area contributed by atoms with E-state index in [0.29, 0.717) is 0 Å². The third kappa shape index (κ3) is 2.71. The molecule has 0 atom stereocenters. The van der Waals surface area contributed by atoms with E-state index in [0.717, 1.165) is 27.9 Å². The Morgan fingerprint density at radius 3 is 2.55 bits per heavy atom. The van der Waals surface area contributed by atoms with Gasteiger partial charge >= 0.3 is 5.97 Å². The van der Waals surface area contributed by atoms with E-state index in [2.05, 4.69) is 9.72 Å². The number of hydrogen-bond donors (Lipinski definition) is 0. The number of esters is 1. The first-order valence-corrected chi connectivity index (χ1v) is 6.00. The summed E-state index contributed by atoms with van der Waals surface area (Å²) in [6.45, 7) is 1.36. The molecule has 2 aliphatic rings. The number of carbonyl (C=O) groups excluding carboxylic acids is 1. The highest BCUT2D eigenvalue weighted by atomic mass is 16.5. The molecule has 0 saturated carbocycles. The number of ether oxygens (including phenoxy) is 2. The van der Waals surface area contributed by atoms with Gasteiger partial charge in [-0.05, 0) is 6.07 Å². The zero-order valence-corrected chi connectivity index (χ0v) is 11.5. The monoisotopic (exact) mass is 273 g/mol. The standard InChI is InChI=1S/C12H9NO2.C3H6O2/c1-14-11-7-15-6-10-12(11)8-4-2-3-5-9(8)13-10;1-3(4)5-2/h2-7H,1H3;1-2H3. The van der Waals surface area contributed by atoms with Gasteiger partial charge in [0.1, 0.15) is 18.2 Å². The summed E-state index contributed by atoms with van der Waals surface area (Å²) in [5.74, 6) is 0.478. The molecule has 3 rings (SSSR count). The molecule has 0 unspecified atom stereocenters. The minimum absolute atomic E-state index is 0.245. The lowest BCUT2D eigenvalue weighted by molar-refractivity contribution is -0.137. The first kappa shape index (κ1) is 13.9. The Labute approximate surface area is 116 Å². The lowest BCUT2D eigenvalue weighted by atomic mass is 10.1. The number of hydrogen-bond acceptors (Lipinski definition) is 5. The van der Waals surface area contributed by atoms with Gasteiger partial charge < -0.3 is 13.9 Å². The maximum Gasteiger partial charge on any atom is 0.302 e. The number of benzene rings is 1. The Balaban J connectivity index is 0.000000257. The van der Waals surface area contributed by atoms with Crippen molar-refractivity contribution in [3.05, 3.63) is 36.8 Å². The van der Waals surface area contributed by atoms with Crippen LogP contribution in [0.15, 0.2) is 41.2 Å². The molecule has 0 amide bonds. The molecule has 0 saturated heterocycles. The van der Waals surface area contributed by atoms with Gasteiger partial charge in [-0.1, -0.05) is 18.2 Å². The van der Waals surface area contributed by atoms with Crippen LogP contribution in [0.2, 0.25) is 0 Å². The van der Waals surface area contributed by atoms with Crippen molar-refractivity contribution in [2.75, 3.05) is 14.2 Å². The molecule has 0 aromatic heterocycles. The van der Waals surface area contributed by atoms with Gasteiger partial charge in [-0.15, -0.1) is 0 Å². The Bertz CT molecular complexity index is 689. The van der Waals surface area contributed by atoms with Crippen LogP contribution in [0.1, 0.15) is 6.92 Å². The average molecular weight is 273 g/mol. The van der Waals surface area contributed by atoms with Gasteiger partial charge in [0, 0.05) is 12.3 Å². The summed E-state index contributed by atoms with van der Waals surface area (Å²) < 4.78 is 14.5. The molecule has 1 aromatic rings. The second-order valence-electron chi connectivity index (χ2n) is 4.03. The maximum absolute atomic E-state index is 9.59. The average Bonchev–Trinajstić information content (AvgIpc) is 2.86. The zero-order chi connectivity index (χ0) is 14.5. The van der Waals surface area contributed by atoms with Gasteiger partial charge in [0.25, 0.3) is 0 Å². The smallest absolute Gasteiger partial charge is 0.302 e. The molecular weight excluding hydrogens is 258 g/mol. The highest BCUT2D eigenvalue weighted by Gasteiger charge is 2.16. The van der Waals surface area contributed by atoms with Crippen molar-refractivity contribution in [1.82, 2.24) is 4.98 Å². The Morgan fingerprint density at radius 2 is 1.90 bits per heavy atom. The molecule has 0 spiro atoms. The summed E-state index contributed by atoms with van der Waals surface area (Å²) in [6.07, 6.45) is 3.23. The van der Waals surface area contributed by atoms with E-state index in [1.54, 1.807) is 19.6 Å². The van der Waals surface area contributed by atoms with E-state index >= 15 is 0 Å². The van der Waals surface area contributed by atoms with Crippen LogP contribution in [0.25, 0.3) is 22.2 Å². The first-order valence-electron chi connectivity index (χ1n) is 6.00. The van der Waals surface area contributed by atoms with Crippen LogP contribution < -0.4 is 4.74 Å². The summed E-state index contributed by atoms with van der Waals surface area (Å²) >= 11 is 0. The van der Waals surface area contributed by atoms with Crippen molar-refractivity contribution < 1.29 is 18.7 Å². The van der Waals surface area contributed by atoms with Crippen molar-refractivity contribution in [1.29, 1.82) is 0 Å². The number of carbonyl (C=O) groups is 1. The van der Waals surface area contributed by atoms with Gasteiger partial charge in [0.2, 0.25) is 0 Å². The molecule has 1 aromatic carbocycles. The van der Waals surface area contributed by atoms with Crippen LogP contribution in [-0.2, 0) is 9.53 Å². The van der Waals surface area contributed by atoms with E-state index in [4.69, 9.17) is 9.15 Å². The van der Waals surface area contributed by atoms with Crippen molar-refractivity contribution in [2.45, 2.75) is 6.92 Å². The number of methoxy groups -OCH3 is 2. The number of para-hydroxylation sites is 1. The highest BCUT2D eigenvalue weighted by Crippen LogP contribution is 2.37. The van der Waals surface area contributed by atoms with Crippen LogP contribution in [0.4, 0.5) is 0 Å². The van der Waals surface area contributed by atoms with Crippen molar-refractivity contribution >= 4 is 16.9 Å². The second-order valence-corrected chi connectivity index (χ2v) is 4.03. The molecule has 0 fully saturated rings. The van der Waals surface area contributed by atoms with E-state index in [9.17, 15) is 4.79 Å². The van der Waals surface area contributed by atoms with Gasteiger partial charge in [0.05, 0.1) is 25.3 Å². The number of aromatic nitrogens is 1. The lowest BCUT2D eigenvalue weighted by Gasteiger charge is -2.04. The molecule has 20 heavy (non-hydrogen) atoms. The minimum atomic E-state index is -0.245. The Kier molecular flexibility index (Phi) is 4.20. The van der Waals surface area contributed by atoms with Crippen molar-refractivity contribution in [3.63, 3.8) is 0 Å². The van der Waals surface area contributed by atoms with Crippen LogP contribution in [0.5, 0.6) is 5.75 Å². The zero-order valence-electron chi connectivity index (χ0n) is 11.5. The highest BCUT2D eigenvalue weighted by molar-refractivity contribution is 5.99. The fourth-order valence-electron chi connectivity index (χ4n) is 1.82. The van der Waals surface area contributed by atoms with Gasteiger partial charge in [-0.3, -0.25) is 4.79 Å². The summed E-state index contributed by atoms with van der Waals surface area (Å²) in [6, 6.07) is 7.98. The van der Waals surface area contributed by atoms with Gasteiger partial charge in [-0.25, -0.2) is 4.98 Å². The summed E-state index contributed by atoms with van der Waals surface area (Å²) in [4.78, 5) is 14.0. The SMILES string of the molecule is COC(C)=O.COc1cocc2nc3ccccc3c1-2. The number of nitrogens with zero attached hydrogens (tertiary/aromatic N) is 1. The topological polar surface area (TPSA) is 61.6 Å². The number of fused-ring (bicyclic) bond motifs is 3. The van der Waals surface area contributed by atoms with E-state index in [1.807, 2.05) is 24.3 Å². The van der Waals surface area contributed by atoms with Crippen LogP contribution in [0, 0.1) is 0 Å². The minimum Gasteiger partial charge on any atom is -0.493 e. The number of rotatable bonds is 1. The quantitative estimate of drug-likeness (QED) is 0.637. The first-order chi connectivity index (χ1) is 9.67. The predicted octanol–water partition coefficient (Wildman–Crippen LogP) is 3.12. The molecule has 104 valence electrons. The van der Waals surface area contributed by atoms with E-state index in [1.165, 1.54) is 14.0 Å². The lowest BCUT2D eigenvalue weighted by Crippen LogP contribution is -1.88. The normalized spacial score (nSPS) is 9.95. The molecule has 2 aliphatic heterocycles. The van der Waals surface area contributed by atoms with Crippen LogP contribution in [0.3, 0.4) is 0 Å². The maximum atomic E-state index is 9.59. The van der Waals surface area contributed by atoms with E-state index in [-0.39, 0.29) is 5.97 Å². The molecule has 0 aliphatic carbocycles. The third-order valence-corrected chi connectivity index (χ3v) is 2.78. The molecule has 0 radical (unpaired) electrons. The fraction of sp³-hybridized carbons (Fsp3) is 0.200. The molecule has 5 nitrogen and oxygen atoms in total. The molecular formula is C15H15NO4. The van der Waals surface area contributed by atoms with Crippen molar-refractivity contribution in [2.24, 2.45) is 0 Å². The van der Waals surface area contributed by atoms with E-state index < -0.39 is 0 Å². The van der Waals surface area contributed by atoms with Gasteiger partial charge in [-0.2, -0.15) is 0 Å². The fourth-order valence-corrected chi connectivity index (χ4v) is 1.82. The Hall–Kier alpha value is -2.56. The molecule has 0 N–H and O–H groups in total. The van der Waals surface area contributed by atoms with Crippen LogP contribution >= 0.6 is 0 Å².